The van der Waals surface area contributed by atoms with E-state index in [9.17, 15) is 14.9 Å². The zero-order chi connectivity index (χ0) is 21.0. The standard InChI is InChI=1S/C19H24Cl3N3O4/c20-19(21,22)18(23-17(26)13-6-8-15(9-7-13)25(27)28)29-12-14-4-3-11-24-10-2-1-5-16(14)24/h6-9,14,16,18H,1-5,10-12H2,(H,23,26)/t14-,16+,18-/m1/s1. The first-order valence-electron chi connectivity index (χ1n) is 9.73. The van der Waals surface area contributed by atoms with Gasteiger partial charge in [0.25, 0.3) is 11.6 Å². The summed E-state index contributed by atoms with van der Waals surface area (Å²) >= 11 is 18.1. The third-order valence-electron chi connectivity index (χ3n) is 5.61. The van der Waals surface area contributed by atoms with E-state index >= 15 is 0 Å². The second-order valence-corrected chi connectivity index (χ2v) is 9.90. The smallest absolute Gasteiger partial charge is 0.269 e. The van der Waals surface area contributed by atoms with Gasteiger partial charge >= 0.3 is 0 Å². The van der Waals surface area contributed by atoms with E-state index in [-0.39, 0.29) is 11.3 Å². The minimum Gasteiger partial charge on any atom is -0.354 e. The van der Waals surface area contributed by atoms with Gasteiger partial charge in [-0.2, -0.15) is 0 Å². The molecule has 3 atom stereocenters. The first-order valence-corrected chi connectivity index (χ1v) is 10.9. The summed E-state index contributed by atoms with van der Waals surface area (Å²) < 4.78 is 4.04. The van der Waals surface area contributed by atoms with Gasteiger partial charge in [0.1, 0.15) is 0 Å². The van der Waals surface area contributed by atoms with Crippen LogP contribution in [0.5, 0.6) is 0 Å². The summed E-state index contributed by atoms with van der Waals surface area (Å²) in [5, 5.41) is 13.3. The number of nitro groups is 1. The van der Waals surface area contributed by atoms with E-state index in [1.165, 1.54) is 37.1 Å². The van der Waals surface area contributed by atoms with E-state index in [2.05, 4.69) is 10.2 Å². The number of piperidine rings is 2. The van der Waals surface area contributed by atoms with Gasteiger partial charge in [0, 0.05) is 23.7 Å². The number of rotatable bonds is 6. The SMILES string of the molecule is O=C(N[C@H](OC[C@H]1CCCN2CCCC[C@@H]12)C(Cl)(Cl)Cl)c1ccc([N+](=O)[O-])cc1. The Labute approximate surface area is 184 Å². The summed E-state index contributed by atoms with van der Waals surface area (Å²) in [5.74, 6) is -0.200. The zero-order valence-electron chi connectivity index (χ0n) is 15.9. The van der Waals surface area contributed by atoms with E-state index in [1.807, 2.05) is 0 Å². The fraction of sp³-hybridized carbons (Fsp3) is 0.632. The van der Waals surface area contributed by atoms with Crippen molar-refractivity contribution in [2.24, 2.45) is 5.92 Å². The number of amides is 1. The number of nitrogens with one attached hydrogen (secondary N) is 1. The molecular weight excluding hydrogens is 441 g/mol. The van der Waals surface area contributed by atoms with Crippen molar-refractivity contribution in [1.29, 1.82) is 0 Å². The number of benzene rings is 1. The first-order chi connectivity index (χ1) is 13.8. The van der Waals surface area contributed by atoms with Crippen molar-refractivity contribution in [3.8, 4) is 0 Å². The lowest BCUT2D eigenvalue weighted by Gasteiger charge is -2.44. The van der Waals surface area contributed by atoms with Crippen molar-refractivity contribution >= 4 is 46.4 Å². The molecule has 0 unspecified atom stereocenters. The molecule has 7 nitrogen and oxygen atoms in total. The first kappa shape index (κ1) is 22.6. The van der Waals surface area contributed by atoms with Gasteiger partial charge in [-0.15, -0.1) is 0 Å². The minimum atomic E-state index is -1.85. The molecule has 2 heterocycles. The van der Waals surface area contributed by atoms with Gasteiger partial charge in [-0.25, -0.2) is 0 Å². The van der Waals surface area contributed by atoms with Crippen LogP contribution < -0.4 is 5.32 Å². The molecule has 1 N–H and O–H groups in total. The zero-order valence-corrected chi connectivity index (χ0v) is 18.1. The Balaban J connectivity index is 1.62. The lowest BCUT2D eigenvalue weighted by molar-refractivity contribution is -0.384. The maximum atomic E-state index is 12.5. The van der Waals surface area contributed by atoms with E-state index < -0.39 is 20.9 Å². The number of carbonyl (C=O) groups excluding carboxylic acids is 1. The van der Waals surface area contributed by atoms with Crippen LogP contribution in [-0.4, -0.2) is 51.5 Å². The summed E-state index contributed by atoms with van der Waals surface area (Å²) in [4.78, 5) is 25.3. The van der Waals surface area contributed by atoms with Crippen molar-refractivity contribution in [1.82, 2.24) is 10.2 Å². The molecule has 2 aliphatic rings. The topological polar surface area (TPSA) is 84.7 Å². The average molecular weight is 465 g/mol. The fourth-order valence-corrected chi connectivity index (χ4v) is 4.50. The highest BCUT2D eigenvalue weighted by molar-refractivity contribution is 6.68. The Morgan fingerprint density at radius 3 is 2.55 bits per heavy atom. The van der Waals surface area contributed by atoms with Crippen molar-refractivity contribution in [2.45, 2.75) is 48.2 Å². The number of carbonyl (C=O) groups is 1. The molecule has 2 saturated heterocycles. The minimum absolute atomic E-state index is 0.106. The van der Waals surface area contributed by atoms with Gasteiger partial charge in [-0.05, 0) is 56.8 Å². The Bertz CT molecular complexity index is 724. The molecule has 2 fully saturated rings. The van der Waals surface area contributed by atoms with Crippen LogP contribution in [0.2, 0.25) is 0 Å². The maximum absolute atomic E-state index is 12.5. The largest absolute Gasteiger partial charge is 0.354 e. The summed E-state index contributed by atoms with van der Waals surface area (Å²) in [7, 11) is 0. The Morgan fingerprint density at radius 1 is 1.21 bits per heavy atom. The molecule has 29 heavy (non-hydrogen) atoms. The van der Waals surface area contributed by atoms with Crippen molar-refractivity contribution < 1.29 is 14.5 Å². The van der Waals surface area contributed by atoms with Gasteiger partial charge in [0.2, 0.25) is 3.79 Å². The summed E-state index contributed by atoms with van der Waals surface area (Å²) in [6.45, 7) is 2.62. The van der Waals surface area contributed by atoms with Crippen LogP contribution in [-0.2, 0) is 4.74 Å². The molecular formula is C19H24Cl3N3O4. The lowest BCUT2D eigenvalue weighted by Crippen LogP contribution is -2.51. The molecule has 1 aromatic rings. The number of nitro benzene ring substituents is 1. The van der Waals surface area contributed by atoms with E-state index in [4.69, 9.17) is 39.5 Å². The molecule has 160 valence electrons. The quantitative estimate of drug-likeness (QED) is 0.294. The third-order valence-corrected chi connectivity index (χ3v) is 6.20. The van der Waals surface area contributed by atoms with Gasteiger partial charge in [-0.1, -0.05) is 41.2 Å². The van der Waals surface area contributed by atoms with Crippen LogP contribution in [0.4, 0.5) is 5.69 Å². The van der Waals surface area contributed by atoms with Crippen molar-refractivity contribution in [3.63, 3.8) is 0 Å². The number of halogens is 3. The average Bonchev–Trinajstić information content (AvgIpc) is 2.70. The number of hydrogen-bond acceptors (Lipinski definition) is 5. The van der Waals surface area contributed by atoms with E-state index in [1.54, 1.807) is 0 Å². The summed E-state index contributed by atoms with van der Waals surface area (Å²) in [6.07, 6.45) is 4.60. The molecule has 0 aliphatic carbocycles. The second-order valence-electron chi connectivity index (χ2n) is 7.53. The second kappa shape index (κ2) is 9.79. The van der Waals surface area contributed by atoms with Crippen LogP contribution in [0.15, 0.2) is 24.3 Å². The Hall–Kier alpha value is -1.12. The molecule has 0 aromatic heterocycles. The number of hydrogen-bond donors (Lipinski definition) is 1. The van der Waals surface area contributed by atoms with Crippen LogP contribution >= 0.6 is 34.8 Å². The maximum Gasteiger partial charge on any atom is 0.269 e. The monoisotopic (exact) mass is 463 g/mol. The van der Waals surface area contributed by atoms with E-state index in [0.29, 0.717) is 18.6 Å². The Morgan fingerprint density at radius 2 is 1.90 bits per heavy atom. The summed E-state index contributed by atoms with van der Waals surface area (Å²) in [5.41, 5.74) is 0.111. The fourth-order valence-electron chi connectivity index (χ4n) is 4.15. The third kappa shape index (κ3) is 5.95. The molecule has 0 bridgehead atoms. The predicted octanol–water partition coefficient (Wildman–Crippen LogP) is 4.30. The highest BCUT2D eigenvalue weighted by atomic mass is 35.6. The van der Waals surface area contributed by atoms with Crippen molar-refractivity contribution in [2.75, 3.05) is 19.7 Å². The number of nitrogens with zero attached hydrogens (tertiary/aromatic N) is 2. The van der Waals surface area contributed by atoms with Gasteiger partial charge < -0.3 is 15.0 Å². The van der Waals surface area contributed by atoms with Gasteiger partial charge in [0.05, 0.1) is 11.5 Å². The predicted molar refractivity (Wildman–Crippen MR) is 113 cm³/mol. The highest BCUT2D eigenvalue weighted by Crippen LogP contribution is 2.34. The Kier molecular flexibility index (Phi) is 7.62. The number of ether oxygens (including phenoxy) is 1. The van der Waals surface area contributed by atoms with Crippen LogP contribution in [0.3, 0.4) is 0 Å². The van der Waals surface area contributed by atoms with Gasteiger partial charge in [-0.3, -0.25) is 14.9 Å². The molecule has 0 spiro atoms. The molecule has 1 aromatic carbocycles. The molecule has 0 saturated carbocycles. The van der Waals surface area contributed by atoms with Crippen LogP contribution in [0.25, 0.3) is 0 Å². The molecule has 10 heteroatoms. The van der Waals surface area contributed by atoms with Gasteiger partial charge in [0.15, 0.2) is 6.23 Å². The van der Waals surface area contributed by atoms with E-state index in [0.717, 1.165) is 32.4 Å². The highest BCUT2D eigenvalue weighted by Gasteiger charge is 2.38. The number of fused-ring (bicyclic) bond motifs is 1. The molecule has 2 aliphatic heterocycles. The molecule has 3 rings (SSSR count). The number of alkyl halides is 3. The molecule has 1 amide bonds. The summed E-state index contributed by atoms with van der Waals surface area (Å²) in [6, 6.07) is 5.67. The normalized spacial score (nSPS) is 23.8. The van der Waals surface area contributed by atoms with Crippen LogP contribution in [0, 0.1) is 16.0 Å². The van der Waals surface area contributed by atoms with Crippen molar-refractivity contribution in [3.05, 3.63) is 39.9 Å². The van der Waals surface area contributed by atoms with Crippen LogP contribution in [0.1, 0.15) is 42.5 Å². The molecule has 0 radical (unpaired) electrons. The lowest BCUT2D eigenvalue weighted by atomic mass is 9.84. The number of non-ortho nitro benzene ring substituents is 1.